The fourth-order valence-electron chi connectivity index (χ4n) is 1.86. The first-order chi connectivity index (χ1) is 7.90. The summed E-state index contributed by atoms with van der Waals surface area (Å²) in [5.74, 6) is -0.421. The lowest BCUT2D eigenvalue weighted by Crippen LogP contribution is -2.30. The van der Waals surface area contributed by atoms with E-state index in [4.69, 9.17) is 4.42 Å². The number of aliphatic hydroxyl groups is 1. The predicted molar refractivity (Wildman–Crippen MR) is 66.1 cm³/mol. The molecule has 0 spiro atoms. The van der Waals surface area contributed by atoms with Crippen molar-refractivity contribution in [2.75, 3.05) is 0 Å². The van der Waals surface area contributed by atoms with E-state index in [9.17, 15) is 9.90 Å². The Bertz CT molecular complexity index is 587. The molecule has 17 heavy (non-hydrogen) atoms. The second kappa shape index (κ2) is 4.04. The highest BCUT2D eigenvalue weighted by Crippen LogP contribution is 2.17. The maximum absolute atomic E-state index is 11.7. The average Bonchev–Trinajstić information content (AvgIpc) is 2.53. The zero-order valence-corrected chi connectivity index (χ0v) is 10.4. The van der Waals surface area contributed by atoms with Gasteiger partial charge in [0.05, 0.1) is 17.7 Å². The third kappa shape index (κ3) is 2.42. The van der Waals surface area contributed by atoms with Crippen LogP contribution in [0.15, 0.2) is 27.4 Å². The monoisotopic (exact) mass is 235 g/mol. The molecule has 0 amide bonds. The van der Waals surface area contributed by atoms with E-state index in [1.54, 1.807) is 19.9 Å². The molecule has 0 saturated carbocycles. The summed E-state index contributed by atoms with van der Waals surface area (Å²) in [5, 5.41) is 9.80. The first-order valence-corrected chi connectivity index (χ1v) is 5.75. The van der Waals surface area contributed by atoms with Gasteiger partial charge in [-0.3, -0.25) is 4.57 Å². The molecule has 2 aromatic rings. The van der Waals surface area contributed by atoms with Gasteiger partial charge in [-0.25, -0.2) is 4.79 Å². The highest BCUT2D eigenvalue weighted by atomic mass is 16.4. The van der Waals surface area contributed by atoms with Crippen molar-refractivity contribution in [1.29, 1.82) is 0 Å². The molecule has 0 saturated heterocycles. The number of hydrogen-bond acceptors (Lipinski definition) is 3. The van der Waals surface area contributed by atoms with Crippen molar-refractivity contribution >= 4 is 11.1 Å². The molecule has 1 aromatic heterocycles. The molecule has 0 aliphatic carbocycles. The number of nitrogens with zero attached hydrogens (tertiary/aromatic N) is 1. The van der Waals surface area contributed by atoms with Crippen molar-refractivity contribution < 1.29 is 9.52 Å². The van der Waals surface area contributed by atoms with Crippen LogP contribution >= 0.6 is 0 Å². The number of hydrogen-bond donors (Lipinski definition) is 1. The van der Waals surface area contributed by atoms with Crippen molar-refractivity contribution in [3.63, 3.8) is 0 Å². The second-order valence-corrected chi connectivity index (χ2v) is 4.92. The number of benzene rings is 1. The van der Waals surface area contributed by atoms with Gasteiger partial charge < -0.3 is 9.52 Å². The Morgan fingerprint density at radius 1 is 1.41 bits per heavy atom. The lowest BCUT2D eigenvalue weighted by atomic mass is 10.1. The summed E-state index contributed by atoms with van der Waals surface area (Å²) in [6, 6.07) is 5.68. The molecule has 0 aliphatic rings. The molecular weight excluding hydrogens is 218 g/mol. The van der Waals surface area contributed by atoms with Crippen LogP contribution in [0.1, 0.15) is 26.3 Å². The molecule has 4 nitrogen and oxygen atoms in total. The molecule has 0 bridgehead atoms. The minimum Gasteiger partial charge on any atom is -0.408 e. The minimum atomic E-state index is -0.942. The summed E-state index contributed by atoms with van der Waals surface area (Å²) in [5.41, 5.74) is 1.51. The highest BCUT2D eigenvalue weighted by Gasteiger charge is 2.18. The molecule has 0 unspecified atom stereocenters. The van der Waals surface area contributed by atoms with Gasteiger partial charge in [0.1, 0.15) is 0 Å². The van der Waals surface area contributed by atoms with Crippen molar-refractivity contribution in [2.45, 2.75) is 39.3 Å². The fourth-order valence-corrected chi connectivity index (χ4v) is 1.86. The quantitative estimate of drug-likeness (QED) is 0.884. The Kier molecular flexibility index (Phi) is 2.83. The van der Waals surface area contributed by atoms with Crippen molar-refractivity contribution in [3.8, 4) is 0 Å². The maximum atomic E-state index is 11.7. The van der Waals surface area contributed by atoms with Crippen LogP contribution in [0.2, 0.25) is 0 Å². The molecule has 0 atom stereocenters. The summed E-state index contributed by atoms with van der Waals surface area (Å²) in [4.78, 5) is 11.7. The SMILES string of the molecule is CCc1ccc2oc(=O)n(CC(C)(C)O)c2c1. The van der Waals surface area contributed by atoms with Crippen LogP contribution in [0, 0.1) is 0 Å². The van der Waals surface area contributed by atoms with Gasteiger partial charge in [0.25, 0.3) is 0 Å². The van der Waals surface area contributed by atoms with Gasteiger partial charge in [0, 0.05) is 0 Å². The first kappa shape index (κ1) is 11.9. The van der Waals surface area contributed by atoms with Crippen LogP contribution in [0.25, 0.3) is 11.1 Å². The van der Waals surface area contributed by atoms with E-state index < -0.39 is 11.4 Å². The topological polar surface area (TPSA) is 55.4 Å². The first-order valence-electron chi connectivity index (χ1n) is 5.75. The van der Waals surface area contributed by atoms with Crippen molar-refractivity contribution in [2.24, 2.45) is 0 Å². The van der Waals surface area contributed by atoms with E-state index in [0.29, 0.717) is 5.58 Å². The molecule has 1 N–H and O–H groups in total. The molecule has 0 radical (unpaired) electrons. The number of aryl methyl sites for hydroxylation is 1. The third-order valence-corrected chi connectivity index (χ3v) is 2.69. The number of oxazole rings is 1. The Labute approximate surface area is 99.5 Å². The van der Waals surface area contributed by atoms with Gasteiger partial charge in [-0.2, -0.15) is 0 Å². The highest BCUT2D eigenvalue weighted by molar-refractivity contribution is 5.73. The zero-order chi connectivity index (χ0) is 12.6. The van der Waals surface area contributed by atoms with Gasteiger partial charge in [-0.05, 0) is 38.0 Å². The molecule has 1 heterocycles. The predicted octanol–water partition coefficient (Wildman–Crippen LogP) is 1.93. The van der Waals surface area contributed by atoms with E-state index in [1.165, 1.54) is 4.57 Å². The molecule has 2 rings (SSSR count). The minimum absolute atomic E-state index is 0.228. The summed E-state index contributed by atoms with van der Waals surface area (Å²) in [6.07, 6.45) is 0.901. The summed E-state index contributed by atoms with van der Waals surface area (Å²) in [7, 11) is 0. The van der Waals surface area contributed by atoms with Gasteiger partial charge >= 0.3 is 5.76 Å². The van der Waals surface area contributed by atoms with Gasteiger partial charge in [-0.15, -0.1) is 0 Å². The largest absolute Gasteiger partial charge is 0.420 e. The molecular formula is C13H17NO3. The van der Waals surface area contributed by atoms with Crippen LogP contribution in [-0.4, -0.2) is 15.3 Å². The van der Waals surface area contributed by atoms with Crippen molar-refractivity contribution in [3.05, 3.63) is 34.3 Å². The van der Waals surface area contributed by atoms with Gasteiger partial charge in [0.2, 0.25) is 0 Å². The van der Waals surface area contributed by atoms with Crippen LogP contribution in [0.5, 0.6) is 0 Å². The van der Waals surface area contributed by atoms with Crippen LogP contribution in [-0.2, 0) is 13.0 Å². The zero-order valence-electron chi connectivity index (χ0n) is 10.4. The Morgan fingerprint density at radius 2 is 2.12 bits per heavy atom. The summed E-state index contributed by atoms with van der Waals surface area (Å²) >= 11 is 0. The second-order valence-electron chi connectivity index (χ2n) is 4.92. The Balaban J connectivity index is 2.60. The normalized spacial score (nSPS) is 12.2. The van der Waals surface area contributed by atoms with Crippen LogP contribution in [0.4, 0.5) is 0 Å². The summed E-state index contributed by atoms with van der Waals surface area (Å²) in [6.45, 7) is 5.62. The average molecular weight is 235 g/mol. The van der Waals surface area contributed by atoms with E-state index >= 15 is 0 Å². The van der Waals surface area contributed by atoms with Gasteiger partial charge in [0.15, 0.2) is 5.58 Å². The smallest absolute Gasteiger partial charge is 0.408 e. The molecule has 92 valence electrons. The van der Waals surface area contributed by atoms with Crippen LogP contribution in [0.3, 0.4) is 0 Å². The van der Waals surface area contributed by atoms with E-state index in [-0.39, 0.29) is 6.54 Å². The lowest BCUT2D eigenvalue weighted by Gasteiger charge is -2.16. The summed E-state index contributed by atoms with van der Waals surface area (Å²) < 4.78 is 6.62. The maximum Gasteiger partial charge on any atom is 0.420 e. The lowest BCUT2D eigenvalue weighted by molar-refractivity contribution is 0.0605. The molecule has 0 aliphatic heterocycles. The molecule has 4 heteroatoms. The molecule has 1 aromatic carbocycles. The Hall–Kier alpha value is -1.55. The Morgan fingerprint density at radius 3 is 2.71 bits per heavy atom. The fraction of sp³-hybridized carbons (Fsp3) is 0.462. The standard InChI is InChI=1S/C13H17NO3/c1-4-9-5-6-11-10(7-9)14(12(15)17-11)8-13(2,3)16/h5-7,16H,4,8H2,1-3H3. The number of aromatic nitrogens is 1. The third-order valence-electron chi connectivity index (χ3n) is 2.69. The number of fused-ring (bicyclic) bond motifs is 1. The van der Waals surface area contributed by atoms with E-state index in [1.807, 2.05) is 12.1 Å². The van der Waals surface area contributed by atoms with E-state index in [2.05, 4.69) is 6.92 Å². The number of rotatable bonds is 3. The van der Waals surface area contributed by atoms with E-state index in [0.717, 1.165) is 17.5 Å². The molecule has 0 fully saturated rings. The van der Waals surface area contributed by atoms with Crippen molar-refractivity contribution in [1.82, 2.24) is 4.57 Å². The van der Waals surface area contributed by atoms with Crippen LogP contribution < -0.4 is 5.76 Å². The van der Waals surface area contributed by atoms with Gasteiger partial charge in [-0.1, -0.05) is 13.0 Å².